The second kappa shape index (κ2) is 9.26. The van der Waals surface area contributed by atoms with Crippen molar-refractivity contribution < 1.29 is 14.4 Å². The predicted molar refractivity (Wildman–Crippen MR) is 110 cm³/mol. The molecule has 7 heteroatoms. The Morgan fingerprint density at radius 1 is 0.929 bits per heavy atom. The van der Waals surface area contributed by atoms with Crippen LogP contribution in [0.2, 0.25) is 10.0 Å². The highest BCUT2D eigenvalue weighted by molar-refractivity contribution is 6.35. The van der Waals surface area contributed by atoms with Gasteiger partial charge in [-0.2, -0.15) is 0 Å². The van der Waals surface area contributed by atoms with E-state index in [4.69, 9.17) is 38.5 Å². The van der Waals surface area contributed by atoms with Crippen LogP contribution in [0.4, 0.5) is 0 Å². The van der Waals surface area contributed by atoms with Gasteiger partial charge in [-0.3, -0.25) is 0 Å². The second-order valence-corrected chi connectivity index (χ2v) is 6.63. The highest BCUT2D eigenvalue weighted by Gasteiger charge is 2.09. The van der Waals surface area contributed by atoms with E-state index in [-0.39, 0.29) is 12.4 Å². The number of rotatable bonds is 6. The Balaban J connectivity index is 1.58. The molecular weight excluding hydrogens is 399 g/mol. The van der Waals surface area contributed by atoms with Crippen molar-refractivity contribution in [1.82, 2.24) is 0 Å². The molecule has 5 nitrogen and oxygen atoms in total. The van der Waals surface area contributed by atoms with Crippen molar-refractivity contribution in [2.45, 2.75) is 6.61 Å². The van der Waals surface area contributed by atoms with Crippen molar-refractivity contribution in [1.29, 1.82) is 0 Å². The van der Waals surface area contributed by atoms with Crippen molar-refractivity contribution in [2.24, 2.45) is 10.9 Å². The summed E-state index contributed by atoms with van der Waals surface area (Å²) in [5.74, 6) is 0.0474. The molecule has 0 aromatic heterocycles. The number of oxime groups is 1. The Labute approximate surface area is 172 Å². The largest absolute Gasteiger partial charge is 0.487 e. The van der Waals surface area contributed by atoms with Gasteiger partial charge in [-0.25, -0.2) is 4.79 Å². The number of nitrogens with zero attached hydrogens (tertiary/aromatic N) is 1. The van der Waals surface area contributed by atoms with Crippen LogP contribution in [0.5, 0.6) is 5.75 Å². The fourth-order valence-corrected chi connectivity index (χ4v) is 2.76. The van der Waals surface area contributed by atoms with Crippen molar-refractivity contribution in [3.05, 3.63) is 99.5 Å². The molecular formula is C21H16Cl2N2O3. The van der Waals surface area contributed by atoms with Gasteiger partial charge in [-0.1, -0.05) is 70.8 Å². The zero-order valence-corrected chi connectivity index (χ0v) is 16.2. The number of carbonyl (C=O) groups excluding carboxylic acids is 1. The average Bonchev–Trinajstić information content (AvgIpc) is 2.72. The summed E-state index contributed by atoms with van der Waals surface area (Å²) in [6, 6.07) is 20.8. The maximum Gasteiger partial charge on any atom is 0.365 e. The lowest BCUT2D eigenvalue weighted by molar-refractivity contribution is 0.0516. The van der Waals surface area contributed by atoms with Crippen LogP contribution in [0.15, 0.2) is 78.0 Å². The molecule has 3 aromatic carbocycles. The first-order valence-electron chi connectivity index (χ1n) is 8.30. The molecule has 28 heavy (non-hydrogen) atoms. The average molecular weight is 415 g/mol. The fourth-order valence-electron chi connectivity index (χ4n) is 2.30. The molecule has 3 rings (SSSR count). The summed E-state index contributed by atoms with van der Waals surface area (Å²) in [5, 5.41) is 4.65. The lowest BCUT2D eigenvalue weighted by Gasteiger charge is -2.08. The molecule has 3 aromatic rings. The van der Waals surface area contributed by atoms with Crippen molar-refractivity contribution >= 4 is 35.0 Å². The van der Waals surface area contributed by atoms with E-state index < -0.39 is 5.97 Å². The Morgan fingerprint density at radius 2 is 1.64 bits per heavy atom. The molecule has 2 N–H and O–H groups in total. The SMILES string of the molecule is N/C(=N\OC(=O)c1ccc(COc2ccc(Cl)cc2Cl)cc1)c1ccccc1. The summed E-state index contributed by atoms with van der Waals surface area (Å²) in [7, 11) is 0. The number of halogens is 2. The Kier molecular flexibility index (Phi) is 6.53. The smallest absolute Gasteiger partial charge is 0.365 e. The summed E-state index contributed by atoms with van der Waals surface area (Å²) in [4.78, 5) is 17.0. The second-order valence-electron chi connectivity index (χ2n) is 5.78. The van der Waals surface area contributed by atoms with E-state index in [2.05, 4.69) is 5.16 Å². The molecule has 0 spiro atoms. The standard InChI is InChI=1S/C21H16Cl2N2O3/c22-17-10-11-19(18(23)12-17)27-13-14-6-8-16(9-7-14)21(26)28-25-20(24)15-4-2-1-3-5-15/h1-12H,13H2,(H2,24,25). The minimum absolute atomic E-state index is 0.124. The van der Waals surface area contributed by atoms with E-state index in [0.29, 0.717) is 26.9 Å². The normalized spacial score (nSPS) is 11.1. The van der Waals surface area contributed by atoms with E-state index in [1.54, 1.807) is 54.6 Å². The van der Waals surface area contributed by atoms with Crippen LogP contribution in [0.25, 0.3) is 0 Å². The molecule has 0 unspecified atom stereocenters. The number of ether oxygens (including phenoxy) is 1. The zero-order valence-electron chi connectivity index (χ0n) is 14.6. The van der Waals surface area contributed by atoms with Crippen LogP contribution in [-0.4, -0.2) is 11.8 Å². The molecule has 0 atom stereocenters. The van der Waals surface area contributed by atoms with Crippen LogP contribution in [0.3, 0.4) is 0 Å². The summed E-state index contributed by atoms with van der Waals surface area (Å²) >= 11 is 11.9. The molecule has 0 fully saturated rings. The van der Waals surface area contributed by atoms with Crippen molar-refractivity contribution in [3.63, 3.8) is 0 Å². The number of carbonyl (C=O) groups is 1. The molecule has 0 saturated carbocycles. The first-order chi connectivity index (χ1) is 13.5. The molecule has 0 heterocycles. The fraction of sp³-hybridized carbons (Fsp3) is 0.0476. The minimum atomic E-state index is -0.605. The topological polar surface area (TPSA) is 73.9 Å². The Hall–Kier alpha value is -3.02. The highest BCUT2D eigenvalue weighted by atomic mass is 35.5. The van der Waals surface area contributed by atoms with E-state index in [1.807, 2.05) is 18.2 Å². The predicted octanol–water partition coefficient (Wildman–Crippen LogP) is 5.05. The van der Waals surface area contributed by atoms with Crippen molar-refractivity contribution in [3.8, 4) is 5.75 Å². The maximum absolute atomic E-state index is 12.1. The molecule has 0 aliphatic rings. The Morgan fingerprint density at radius 3 is 2.32 bits per heavy atom. The van der Waals surface area contributed by atoms with Gasteiger partial charge in [-0.15, -0.1) is 0 Å². The van der Waals surface area contributed by atoms with Crippen LogP contribution >= 0.6 is 23.2 Å². The van der Waals surface area contributed by atoms with Gasteiger partial charge >= 0.3 is 5.97 Å². The van der Waals surface area contributed by atoms with Crippen LogP contribution in [-0.2, 0) is 11.4 Å². The number of amidine groups is 1. The quantitative estimate of drug-likeness (QED) is 0.265. The first kappa shape index (κ1) is 19.7. The molecule has 142 valence electrons. The lowest BCUT2D eigenvalue weighted by atomic mass is 10.1. The molecule has 0 bridgehead atoms. The number of benzene rings is 3. The summed E-state index contributed by atoms with van der Waals surface area (Å²) in [5.41, 5.74) is 7.67. The Bertz CT molecular complexity index is 990. The van der Waals surface area contributed by atoms with Crippen LogP contribution < -0.4 is 10.5 Å². The van der Waals surface area contributed by atoms with E-state index in [0.717, 1.165) is 5.56 Å². The van der Waals surface area contributed by atoms with Gasteiger partial charge in [0.1, 0.15) is 12.4 Å². The third-order valence-corrected chi connectivity index (χ3v) is 4.30. The number of hydrogen-bond donors (Lipinski definition) is 1. The van der Waals surface area contributed by atoms with Gasteiger partial charge < -0.3 is 15.3 Å². The van der Waals surface area contributed by atoms with Gasteiger partial charge in [0.15, 0.2) is 5.84 Å². The van der Waals surface area contributed by atoms with Gasteiger partial charge in [0, 0.05) is 10.6 Å². The van der Waals surface area contributed by atoms with Crippen LogP contribution in [0, 0.1) is 0 Å². The maximum atomic E-state index is 12.1. The third-order valence-electron chi connectivity index (χ3n) is 3.77. The summed E-state index contributed by atoms with van der Waals surface area (Å²) in [6.07, 6.45) is 0. The third kappa shape index (κ3) is 5.25. The summed E-state index contributed by atoms with van der Waals surface area (Å²) < 4.78 is 5.66. The van der Waals surface area contributed by atoms with Crippen LogP contribution in [0.1, 0.15) is 21.5 Å². The lowest BCUT2D eigenvalue weighted by Crippen LogP contribution is -2.15. The number of nitrogens with two attached hydrogens (primary N) is 1. The minimum Gasteiger partial charge on any atom is -0.487 e. The molecule has 0 aliphatic heterocycles. The highest BCUT2D eigenvalue weighted by Crippen LogP contribution is 2.28. The molecule has 0 aliphatic carbocycles. The molecule has 0 radical (unpaired) electrons. The van der Waals surface area contributed by atoms with E-state index in [9.17, 15) is 4.79 Å². The van der Waals surface area contributed by atoms with E-state index in [1.165, 1.54) is 0 Å². The zero-order chi connectivity index (χ0) is 19.9. The molecule has 0 amide bonds. The van der Waals surface area contributed by atoms with Gasteiger partial charge in [-0.05, 0) is 35.9 Å². The van der Waals surface area contributed by atoms with E-state index >= 15 is 0 Å². The monoisotopic (exact) mass is 414 g/mol. The first-order valence-corrected chi connectivity index (χ1v) is 9.05. The number of hydrogen-bond acceptors (Lipinski definition) is 4. The van der Waals surface area contributed by atoms with Gasteiger partial charge in [0.05, 0.1) is 10.6 Å². The molecule has 0 saturated heterocycles. The summed E-state index contributed by atoms with van der Waals surface area (Å²) in [6.45, 7) is 0.287. The van der Waals surface area contributed by atoms with Gasteiger partial charge in [0.25, 0.3) is 0 Å². The van der Waals surface area contributed by atoms with Crippen molar-refractivity contribution in [2.75, 3.05) is 0 Å². The van der Waals surface area contributed by atoms with Gasteiger partial charge in [0.2, 0.25) is 0 Å².